The quantitative estimate of drug-likeness (QED) is 0.624. The first-order valence-electron chi connectivity index (χ1n) is 8.95. The molecule has 1 heterocycles. The number of hydrogen-bond acceptors (Lipinski definition) is 5. The number of alkyl halides is 3. The lowest BCUT2D eigenvalue weighted by Gasteiger charge is -2.12. The number of nitrogens with zero attached hydrogens (tertiary/aromatic N) is 3. The van der Waals surface area contributed by atoms with E-state index in [-0.39, 0.29) is 5.75 Å². The van der Waals surface area contributed by atoms with Crippen molar-refractivity contribution in [3.63, 3.8) is 0 Å². The van der Waals surface area contributed by atoms with Crippen LogP contribution in [0.25, 0.3) is 0 Å². The van der Waals surface area contributed by atoms with Crippen LogP contribution in [0.5, 0.6) is 11.5 Å². The molecule has 8 heteroatoms. The van der Waals surface area contributed by atoms with Gasteiger partial charge in [0.25, 0.3) is 0 Å². The topological polar surface area (TPSA) is 50.3 Å². The molecule has 0 saturated carbocycles. The van der Waals surface area contributed by atoms with E-state index in [1.165, 1.54) is 12.1 Å². The van der Waals surface area contributed by atoms with Crippen molar-refractivity contribution in [2.45, 2.75) is 19.3 Å². The molecule has 0 bridgehead atoms. The summed E-state index contributed by atoms with van der Waals surface area (Å²) in [6.07, 6.45) is -2.69. The van der Waals surface area contributed by atoms with Crippen LogP contribution in [-0.4, -0.2) is 24.1 Å². The van der Waals surface area contributed by atoms with E-state index in [1.54, 1.807) is 24.4 Å². The highest BCUT2D eigenvalue weighted by atomic mass is 19.4. The summed E-state index contributed by atoms with van der Waals surface area (Å²) in [7, 11) is 3.75. The molecule has 0 amide bonds. The van der Waals surface area contributed by atoms with Gasteiger partial charge in [-0.2, -0.15) is 13.2 Å². The third-order valence-corrected chi connectivity index (χ3v) is 4.03. The first-order chi connectivity index (χ1) is 13.8. The van der Waals surface area contributed by atoms with Gasteiger partial charge < -0.3 is 15.0 Å². The molecule has 0 radical (unpaired) electrons. The Morgan fingerprint density at radius 1 is 0.966 bits per heavy atom. The molecular weight excluding hydrogens is 381 g/mol. The highest BCUT2D eigenvalue weighted by molar-refractivity contribution is 5.36. The van der Waals surface area contributed by atoms with Crippen LogP contribution in [0.3, 0.4) is 0 Å². The molecule has 0 spiro atoms. The standard InChI is InChI=1S/C21H21F3N4O/c1-28(2)20-26-10-9-17(27-20)14-25-13-15-5-3-7-18(11-15)29-19-8-4-6-16(12-19)21(22,23)24/h3-12,25H,13-14H2,1-2H3. The van der Waals surface area contributed by atoms with Crippen LogP contribution in [0.4, 0.5) is 19.1 Å². The van der Waals surface area contributed by atoms with Crippen molar-refractivity contribution in [3.8, 4) is 11.5 Å². The van der Waals surface area contributed by atoms with Gasteiger partial charge in [0, 0.05) is 33.4 Å². The lowest BCUT2D eigenvalue weighted by atomic mass is 10.2. The fourth-order valence-electron chi connectivity index (χ4n) is 2.62. The second kappa shape index (κ2) is 8.91. The molecule has 29 heavy (non-hydrogen) atoms. The first-order valence-corrected chi connectivity index (χ1v) is 8.95. The molecule has 5 nitrogen and oxygen atoms in total. The number of aromatic nitrogens is 2. The average Bonchev–Trinajstić information content (AvgIpc) is 2.68. The minimum absolute atomic E-state index is 0.141. The Labute approximate surface area is 167 Å². The maximum Gasteiger partial charge on any atom is 0.416 e. The Kier molecular flexibility index (Phi) is 6.33. The molecule has 152 valence electrons. The molecule has 3 aromatic rings. The molecule has 1 aromatic heterocycles. The Balaban J connectivity index is 1.61. The van der Waals surface area contributed by atoms with Gasteiger partial charge in [0.2, 0.25) is 5.95 Å². The smallest absolute Gasteiger partial charge is 0.416 e. The Morgan fingerprint density at radius 3 is 2.41 bits per heavy atom. The number of benzene rings is 2. The first kappa shape index (κ1) is 20.6. The summed E-state index contributed by atoms with van der Waals surface area (Å²) in [6, 6.07) is 13.9. The number of ether oxygens (including phenoxy) is 1. The zero-order chi connectivity index (χ0) is 20.9. The van der Waals surface area contributed by atoms with Crippen molar-refractivity contribution in [1.29, 1.82) is 0 Å². The van der Waals surface area contributed by atoms with Crippen molar-refractivity contribution in [2.24, 2.45) is 0 Å². The van der Waals surface area contributed by atoms with Crippen LogP contribution >= 0.6 is 0 Å². The van der Waals surface area contributed by atoms with E-state index in [0.717, 1.165) is 23.4 Å². The number of rotatable bonds is 7. The van der Waals surface area contributed by atoms with Gasteiger partial charge in [-0.3, -0.25) is 0 Å². The Bertz CT molecular complexity index is 960. The monoisotopic (exact) mass is 402 g/mol. The molecule has 3 rings (SSSR count). The van der Waals surface area contributed by atoms with Crippen LogP contribution in [0, 0.1) is 0 Å². The van der Waals surface area contributed by atoms with E-state index in [1.807, 2.05) is 31.1 Å². The van der Waals surface area contributed by atoms with Gasteiger partial charge in [-0.1, -0.05) is 18.2 Å². The maximum atomic E-state index is 12.8. The molecule has 2 aromatic carbocycles. The molecule has 0 unspecified atom stereocenters. The van der Waals surface area contributed by atoms with E-state index in [2.05, 4.69) is 15.3 Å². The molecule has 0 fully saturated rings. The molecule has 0 aliphatic heterocycles. The third-order valence-electron chi connectivity index (χ3n) is 4.03. The molecule has 0 aliphatic rings. The largest absolute Gasteiger partial charge is 0.457 e. The SMILES string of the molecule is CN(C)c1nccc(CNCc2cccc(Oc3cccc(C(F)(F)F)c3)c2)n1. The van der Waals surface area contributed by atoms with Crippen LogP contribution in [0.1, 0.15) is 16.8 Å². The minimum atomic E-state index is -4.40. The van der Waals surface area contributed by atoms with E-state index in [0.29, 0.717) is 24.8 Å². The van der Waals surface area contributed by atoms with Gasteiger partial charge in [0.05, 0.1) is 11.3 Å². The van der Waals surface area contributed by atoms with E-state index >= 15 is 0 Å². The molecule has 0 atom stereocenters. The van der Waals surface area contributed by atoms with E-state index in [9.17, 15) is 13.2 Å². The summed E-state index contributed by atoms with van der Waals surface area (Å²) in [6.45, 7) is 1.11. The zero-order valence-corrected chi connectivity index (χ0v) is 16.1. The highest BCUT2D eigenvalue weighted by Crippen LogP contribution is 2.32. The van der Waals surface area contributed by atoms with E-state index in [4.69, 9.17) is 4.74 Å². The van der Waals surface area contributed by atoms with Crippen molar-refractivity contribution in [1.82, 2.24) is 15.3 Å². The van der Waals surface area contributed by atoms with Gasteiger partial charge in [-0.05, 0) is 42.0 Å². The van der Waals surface area contributed by atoms with Crippen LogP contribution in [-0.2, 0) is 19.3 Å². The van der Waals surface area contributed by atoms with Gasteiger partial charge in [-0.15, -0.1) is 0 Å². The van der Waals surface area contributed by atoms with Crippen molar-refractivity contribution < 1.29 is 17.9 Å². The van der Waals surface area contributed by atoms with Crippen LogP contribution in [0.15, 0.2) is 60.8 Å². The van der Waals surface area contributed by atoms with Crippen molar-refractivity contribution in [3.05, 3.63) is 77.6 Å². The maximum absolute atomic E-state index is 12.8. The lowest BCUT2D eigenvalue weighted by molar-refractivity contribution is -0.137. The zero-order valence-electron chi connectivity index (χ0n) is 16.1. The normalized spacial score (nSPS) is 11.3. The van der Waals surface area contributed by atoms with Gasteiger partial charge >= 0.3 is 6.18 Å². The summed E-state index contributed by atoms with van der Waals surface area (Å²) < 4.78 is 44.1. The minimum Gasteiger partial charge on any atom is -0.457 e. The molecule has 1 N–H and O–H groups in total. The second-order valence-corrected chi connectivity index (χ2v) is 6.62. The Hall–Kier alpha value is -3.13. The number of nitrogens with one attached hydrogen (secondary N) is 1. The van der Waals surface area contributed by atoms with E-state index < -0.39 is 11.7 Å². The van der Waals surface area contributed by atoms with Gasteiger partial charge in [-0.25, -0.2) is 9.97 Å². The van der Waals surface area contributed by atoms with Crippen molar-refractivity contribution >= 4 is 5.95 Å². The fraction of sp³-hybridized carbons (Fsp3) is 0.238. The third kappa shape index (κ3) is 5.92. The number of anilines is 1. The molecule has 0 saturated heterocycles. The van der Waals surface area contributed by atoms with Gasteiger partial charge in [0.1, 0.15) is 11.5 Å². The van der Waals surface area contributed by atoms with Crippen LogP contribution in [0.2, 0.25) is 0 Å². The second-order valence-electron chi connectivity index (χ2n) is 6.62. The number of halogens is 3. The lowest BCUT2D eigenvalue weighted by Crippen LogP contribution is -2.17. The predicted octanol–water partition coefficient (Wildman–Crippen LogP) is 4.64. The summed E-state index contributed by atoms with van der Waals surface area (Å²) in [5.41, 5.74) is 1.06. The van der Waals surface area contributed by atoms with Gasteiger partial charge in [0.15, 0.2) is 0 Å². The summed E-state index contributed by atoms with van der Waals surface area (Å²) in [4.78, 5) is 10.5. The molecule has 0 aliphatic carbocycles. The predicted molar refractivity (Wildman–Crippen MR) is 105 cm³/mol. The molecular formula is C21H21F3N4O. The van der Waals surface area contributed by atoms with Crippen molar-refractivity contribution in [2.75, 3.05) is 19.0 Å². The fourth-order valence-corrected chi connectivity index (χ4v) is 2.62. The Morgan fingerprint density at radius 2 is 1.69 bits per heavy atom. The van der Waals surface area contributed by atoms with Crippen LogP contribution < -0.4 is 15.0 Å². The summed E-state index contributed by atoms with van der Waals surface area (Å²) in [5, 5.41) is 3.29. The summed E-state index contributed by atoms with van der Waals surface area (Å²) >= 11 is 0. The average molecular weight is 402 g/mol. The summed E-state index contributed by atoms with van der Waals surface area (Å²) in [5.74, 6) is 1.25. The highest BCUT2D eigenvalue weighted by Gasteiger charge is 2.30. The number of hydrogen-bond donors (Lipinski definition) is 1.